The second-order valence-corrected chi connectivity index (χ2v) is 8.34. The van der Waals surface area contributed by atoms with Crippen LogP contribution < -0.4 is 11.2 Å². The summed E-state index contributed by atoms with van der Waals surface area (Å²) in [6.07, 6.45) is 0.720. The molecule has 0 amide bonds. The highest BCUT2D eigenvalue weighted by atomic mass is 79.9. The van der Waals surface area contributed by atoms with Gasteiger partial charge in [-0.25, -0.2) is 4.79 Å². The van der Waals surface area contributed by atoms with Gasteiger partial charge >= 0.3 is 5.69 Å². The lowest BCUT2D eigenvalue weighted by Gasteiger charge is -2.30. The highest BCUT2D eigenvalue weighted by molar-refractivity contribution is 9.10. The number of hydrogen-bond acceptors (Lipinski definition) is 3. The van der Waals surface area contributed by atoms with Gasteiger partial charge in [-0.3, -0.25) is 18.8 Å². The summed E-state index contributed by atoms with van der Waals surface area (Å²) in [5.41, 5.74) is 3.44. The summed E-state index contributed by atoms with van der Waals surface area (Å²) in [5, 5.41) is 0. The van der Waals surface area contributed by atoms with Crippen LogP contribution in [0.15, 0.2) is 68.7 Å². The summed E-state index contributed by atoms with van der Waals surface area (Å²) >= 11 is 3.46. The summed E-state index contributed by atoms with van der Waals surface area (Å²) in [4.78, 5) is 28.6. The first-order chi connectivity index (χ1) is 14.1. The van der Waals surface area contributed by atoms with E-state index in [2.05, 4.69) is 33.0 Å². The molecular formula is C23H24BrN3O2. The Bertz CT molecular complexity index is 1140. The molecule has 0 saturated heterocycles. The summed E-state index contributed by atoms with van der Waals surface area (Å²) in [7, 11) is 0. The summed E-state index contributed by atoms with van der Waals surface area (Å²) in [5.74, 6) is 0. The Kier molecular flexibility index (Phi) is 5.83. The second kappa shape index (κ2) is 8.51. The average molecular weight is 454 g/mol. The van der Waals surface area contributed by atoms with Gasteiger partial charge in [0.2, 0.25) is 0 Å². The van der Waals surface area contributed by atoms with E-state index in [0.29, 0.717) is 13.1 Å². The maximum atomic E-state index is 13.3. The topological polar surface area (TPSA) is 47.2 Å². The van der Waals surface area contributed by atoms with Gasteiger partial charge in [0.1, 0.15) is 0 Å². The number of hydrogen-bond donors (Lipinski definition) is 0. The third-order valence-corrected chi connectivity index (χ3v) is 5.97. The van der Waals surface area contributed by atoms with Crippen molar-refractivity contribution in [2.45, 2.75) is 39.5 Å². The molecule has 0 radical (unpaired) electrons. The number of fused-ring (bicyclic) bond motifs is 1. The molecule has 0 fully saturated rings. The van der Waals surface area contributed by atoms with Crippen LogP contribution >= 0.6 is 15.9 Å². The first kappa shape index (κ1) is 19.9. The smallest absolute Gasteiger partial charge is 0.297 e. The lowest BCUT2D eigenvalue weighted by atomic mass is 10.0. The van der Waals surface area contributed by atoms with Crippen LogP contribution in [-0.4, -0.2) is 20.6 Å². The Labute approximate surface area is 178 Å². The fourth-order valence-electron chi connectivity index (χ4n) is 4.07. The van der Waals surface area contributed by atoms with E-state index < -0.39 is 0 Å². The number of rotatable bonds is 5. The van der Waals surface area contributed by atoms with Gasteiger partial charge in [0.25, 0.3) is 5.56 Å². The largest absolute Gasteiger partial charge is 0.331 e. The van der Waals surface area contributed by atoms with Crippen molar-refractivity contribution in [2.24, 2.45) is 0 Å². The molecule has 6 heteroatoms. The first-order valence-electron chi connectivity index (χ1n) is 9.93. The third-order valence-electron chi connectivity index (χ3n) is 5.48. The molecule has 2 aromatic carbocycles. The number of halogens is 1. The molecule has 1 aromatic heterocycles. The SMILES string of the molecule is CCn1c2c(c(=O)n(Cc3cccc(Br)c3)c1=O)CN(Cc1ccccc1)CC2. The minimum absolute atomic E-state index is 0.160. The second-order valence-electron chi connectivity index (χ2n) is 7.42. The zero-order valence-corrected chi connectivity index (χ0v) is 18.1. The zero-order chi connectivity index (χ0) is 20.4. The number of benzene rings is 2. The molecule has 5 nitrogen and oxygen atoms in total. The molecule has 2 heterocycles. The minimum Gasteiger partial charge on any atom is -0.297 e. The van der Waals surface area contributed by atoms with E-state index >= 15 is 0 Å². The number of aromatic nitrogens is 2. The molecule has 4 rings (SSSR count). The van der Waals surface area contributed by atoms with Gasteiger partial charge in [-0.1, -0.05) is 58.4 Å². The molecule has 3 aromatic rings. The summed E-state index contributed by atoms with van der Waals surface area (Å²) in [6.45, 7) is 5.03. The van der Waals surface area contributed by atoms with E-state index in [1.807, 2.05) is 49.4 Å². The van der Waals surface area contributed by atoms with Crippen molar-refractivity contribution < 1.29 is 0 Å². The maximum absolute atomic E-state index is 13.3. The van der Waals surface area contributed by atoms with Gasteiger partial charge in [-0.2, -0.15) is 0 Å². The van der Waals surface area contributed by atoms with Crippen molar-refractivity contribution >= 4 is 15.9 Å². The van der Waals surface area contributed by atoms with Gasteiger partial charge in [-0.15, -0.1) is 0 Å². The quantitative estimate of drug-likeness (QED) is 0.594. The van der Waals surface area contributed by atoms with Crippen molar-refractivity contribution in [3.63, 3.8) is 0 Å². The Morgan fingerprint density at radius 3 is 2.41 bits per heavy atom. The minimum atomic E-state index is -0.215. The molecule has 0 unspecified atom stereocenters. The Morgan fingerprint density at radius 2 is 1.69 bits per heavy atom. The highest BCUT2D eigenvalue weighted by Crippen LogP contribution is 2.18. The Hall–Kier alpha value is -2.44. The molecule has 29 heavy (non-hydrogen) atoms. The Balaban J connectivity index is 1.71. The van der Waals surface area contributed by atoms with Gasteiger partial charge in [-0.05, 0) is 30.2 Å². The molecule has 150 valence electrons. The standard InChI is InChI=1S/C23H24BrN3O2/c1-2-26-21-11-12-25(14-17-7-4-3-5-8-17)16-20(21)22(28)27(23(26)29)15-18-9-6-10-19(24)13-18/h3-10,13H,2,11-12,14-16H2,1H3. The molecule has 0 saturated carbocycles. The molecule has 1 aliphatic rings. The first-order valence-corrected chi connectivity index (χ1v) is 10.7. The average Bonchev–Trinajstić information content (AvgIpc) is 2.73. The van der Waals surface area contributed by atoms with Gasteiger partial charge in [0, 0.05) is 42.8 Å². The molecule has 0 atom stereocenters. The van der Waals surface area contributed by atoms with Crippen molar-refractivity contribution in [1.29, 1.82) is 0 Å². The van der Waals surface area contributed by atoms with Crippen LogP contribution in [0.3, 0.4) is 0 Å². The Morgan fingerprint density at radius 1 is 0.931 bits per heavy atom. The normalized spacial score (nSPS) is 14.0. The van der Waals surface area contributed by atoms with Crippen LogP contribution in [0, 0.1) is 0 Å². The van der Waals surface area contributed by atoms with Gasteiger partial charge in [0.05, 0.1) is 12.1 Å². The van der Waals surface area contributed by atoms with Crippen LogP contribution in [0.4, 0.5) is 0 Å². The molecule has 0 N–H and O–H groups in total. The van der Waals surface area contributed by atoms with Crippen molar-refractivity contribution in [1.82, 2.24) is 14.0 Å². The molecule has 1 aliphatic heterocycles. The van der Waals surface area contributed by atoms with Crippen LogP contribution in [0.5, 0.6) is 0 Å². The fourth-order valence-corrected chi connectivity index (χ4v) is 4.52. The van der Waals surface area contributed by atoms with Crippen LogP contribution in [0.25, 0.3) is 0 Å². The third kappa shape index (κ3) is 4.14. The van der Waals surface area contributed by atoms with E-state index in [9.17, 15) is 9.59 Å². The summed E-state index contributed by atoms with van der Waals surface area (Å²) < 4.78 is 4.09. The highest BCUT2D eigenvalue weighted by Gasteiger charge is 2.25. The van der Waals surface area contributed by atoms with E-state index in [1.54, 1.807) is 4.57 Å². The van der Waals surface area contributed by atoms with Crippen molar-refractivity contribution in [3.8, 4) is 0 Å². The van der Waals surface area contributed by atoms with Crippen molar-refractivity contribution in [2.75, 3.05) is 6.54 Å². The predicted octanol–water partition coefficient (Wildman–Crippen LogP) is 3.40. The van der Waals surface area contributed by atoms with E-state index in [4.69, 9.17) is 0 Å². The molecular weight excluding hydrogens is 430 g/mol. The lowest BCUT2D eigenvalue weighted by molar-refractivity contribution is 0.236. The van der Waals surface area contributed by atoms with Gasteiger partial charge < -0.3 is 0 Å². The number of nitrogens with zero attached hydrogens (tertiary/aromatic N) is 3. The maximum Gasteiger partial charge on any atom is 0.331 e. The van der Waals surface area contributed by atoms with Crippen LogP contribution in [-0.2, 0) is 32.6 Å². The zero-order valence-electron chi connectivity index (χ0n) is 16.5. The van der Waals surface area contributed by atoms with E-state index in [1.165, 1.54) is 10.1 Å². The molecule has 0 bridgehead atoms. The van der Waals surface area contributed by atoms with Gasteiger partial charge in [0.15, 0.2) is 0 Å². The molecule has 0 aliphatic carbocycles. The molecule has 0 spiro atoms. The fraction of sp³-hybridized carbons (Fsp3) is 0.304. The van der Waals surface area contributed by atoms with E-state index in [-0.39, 0.29) is 17.8 Å². The monoisotopic (exact) mass is 453 g/mol. The van der Waals surface area contributed by atoms with Crippen LogP contribution in [0.1, 0.15) is 29.3 Å². The summed E-state index contributed by atoms with van der Waals surface area (Å²) in [6, 6.07) is 18.0. The van der Waals surface area contributed by atoms with E-state index in [0.717, 1.165) is 40.8 Å². The lowest BCUT2D eigenvalue weighted by Crippen LogP contribution is -2.47. The van der Waals surface area contributed by atoms with Crippen molar-refractivity contribution in [3.05, 3.63) is 102 Å². The van der Waals surface area contributed by atoms with Crippen LogP contribution in [0.2, 0.25) is 0 Å². The predicted molar refractivity (Wildman–Crippen MR) is 118 cm³/mol.